The number of hydrogen-bond donors (Lipinski definition) is 1. The molecule has 69 valence electrons. The van der Waals surface area contributed by atoms with Crippen molar-refractivity contribution in [1.29, 1.82) is 0 Å². The van der Waals surface area contributed by atoms with Gasteiger partial charge in [0.25, 0.3) is 0 Å². The topological polar surface area (TPSA) is 46.2 Å². The molecule has 3 nitrogen and oxygen atoms in total. The first-order chi connectivity index (χ1) is 6.20. The predicted octanol–water partition coefficient (Wildman–Crippen LogP) is 1.44. The number of nitrogens with one attached hydrogen (secondary N) is 1. The summed E-state index contributed by atoms with van der Waals surface area (Å²) < 4.78 is 23.2. The van der Waals surface area contributed by atoms with Crippen LogP contribution in [0.5, 0.6) is 0 Å². The van der Waals surface area contributed by atoms with Crippen molar-refractivity contribution in [1.82, 2.24) is 0 Å². The SMILES string of the molecule is O=S1(=O)[CH]CCNc2ccccc21. The summed E-state index contributed by atoms with van der Waals surface area (Å²) in [7, 11) is -3.17. The van der Waals surface area contributed by atoms with Crippen LogP contribution in [0.15, 0.2) is 29.2 Å². The van der Waals surface area contributed by atoms with Crippen LogP contribution in [0.1, 0.15) is 6.42 Å². The minimum atomic E-state index is -3.17. The molecule has 1 aromatic carbocycles. The predicted molar refractivity (Wildman–Crippen MR) is 51.0 cm³/mol. The molecule has 13 heavy (non-hydrogen) atoms. The first-order valence-electron chi connectivity index (χ1n) is 4.11. The molecule has 0 spiro atoms. The van der Waals surface area contributed by atoms with Gasteiger partial charge in [-0.25, -0.2) is 8.42 Å². The third-order valence-electron chi connectivity index (χ3n) is 1.99. The highest BCUT2D eigenvalue weighted by molar-refractivity contribution is 7.93. The monoisotopic (exact) mass is 196 g/mol. The highest BCUT2D eigenvalue weighted by Crippen LogP contribution is 2.26. The summed E-state index contributed by atoms with van der Waals surface area (Å²) in [6, 6.07) is 6.97. The van der Waals surface area contributed by atoms with E-state index in [0.29, 0.717) is 23.5 Å². The Balaban J connectivity index is 2.62. The lowest BCUT2D eigenvalue weighted by molar-refractivity contribution is 0.601. The van der Waals surface area contributed by atoms with E-state index >= 15 is 0 Å². The lowest BCUT2D eigenvalue weighted by atomic mass is 10.3. The normalized spacial score (nSPS) is 19.7. The van der Waals surface area contributed by atoms with Crippen molar-refractivity contribution in [3.63, 3.8) is 0 Å². The van der Waals surface area contributed by atoms with E-state index in [1.165, 1.54) is 5.75 Å². The summed E-state index contributed by atoms with van der Waals surface area (Å²) in [5, 5.41) is 3.07. The molecule has 0 aromatic heterocycles. The van der Waals surface area contributed by atoms with Crippen LogP contribution in [0.25, 0.3) is 0 Å². The highest BCUT2D eigenvalue weighted by atomic mass is 32.2. The van der Waals surface area contributed by atoms with E-state index in [2.05, 4.69) is 5.32 Å². The molecule has 0 atom stereocenters. The van der Waals surface area contributed by atoms with Gasteiger partial charge in [0.2, 0.25) is 0 Å². The minimum Gasteiger partial charge on any atom is -0.384 e. The van der Waals surface area contributed by atoms with E-state index in [-0.39, 0.29) is 0 Å². The first-order valence-corrected chi connectivity index (χ1v) is 5.66. The Morgan fingerprint density at radius 3 is 2.85 bits per heavy atom. The van der Waals surface area contributed by atoms with Crippen molar-refractivity contribution >= 4 is 15.5 Å². The molecule has 1 aromatic rings. The van der Waals surface area contributed by atoms with Crippen LogP contribution >= 0.6 is 0 Å². The second-order valence-corrected chi connectivity index (χ2v) is 4.79. The van der Waals surface area contributed by atoms with Gasteiger partial charge in [0.05, 0.1) is 16.3 Å². The number of hydrogen-bond acceptors (Lipinski definition) is 3. The van der Waals surface area contributed by atoms with Crippen molar-refractivity contribution in [3.05, 3.63) is 30.0 Å². The first kappa shape index (κ1) is 8.56. The van der Waals surface area contributed by atoms with Gasteiger partial charge in [-0.05, 0) is 18.6 Å². The Morgan fingerprint density at radius 1 is 1.23 bits per heavy atom. The maximum Gasteiger partial charge on any atom is 0.184 e. The summed E-state index contributed by atoms with van der Waals surface area (Å²) in [6.07, 6.45) is 0.553. The van der Waals surface area contributed by atoms with Gasteiger partial charge in [-0.1, -0.05) is 12.1 Å². The molecule has 1 aliphatic rings. The molecule has 0 saturated heterocycles. The summed E-state index contributed by atoms with van der Waals surface area (Å²) in [5.74, 6) is 1.37. The standard InChI is InChI=1S/C9H10NO2S/c11-13(12)7-3-6-10-8-4-1-2-5-9(8)13/h1-2,4-5,7,10H,3,6H2. The zero-order chi connectivity index (χ0) is 9.31. The van der Waals surface area contributed by atoms with Crippen LogP contribution in [0.2, 0.25) is 0 Å². The van der Waals surface area contributed by atoms with E-state index in [1.807, 2.05) is 6.07 Å². The Hall–Kier alpha value is -1.03. The fraction of sp³-hybridized carbons (Fsp3) is 0.222. The molecule has 0 unspecified atom stereocenters. The number of benzene rings is 1. The summed E-state index contributed by atoms with van der Waals surface area (Å²) in [4.78, 5) is 0.382. The second kappa shape index (κ2) is 3.03. The van der Waals surface area contributed by atoms with Gasteiger partial charge in [0, 0.05) is 6.54 Å². The fourth-order valence-corrected chi connectivity index (χ4v) is 2.69. The lowest BCUT2D eigenvalue weighted by Gasteiger charge is -2.05. The van der Waals surface area contributed by atoms with Crippen LogP contribution in [0.3, 0.4) is 0 Å². The molecule has 1 aliphatic heterocycles. The van der Waals surface area contributed by atoms with Gasteiger partial charge >= 0.3 is 0 Å². The summed E-state index contributed by atoms with van der Waals surface area (Å²) in [6.45, 7) is 0.677. The number of anilines is 1. The zero-order valence-electron chi connectivity index (χ0n) is 7.03. The largest absolute Gasteiger partial charge is 0.384 e. The molecular weight excluding hydrogens is 186 g/mol. The van der Waals surface area contributed by atoms with Crippen LogP contribution in [0, 0.1) is 5.75 Å². The third kappa shape index (κ3) is 1.54. The van der Waals surface area contributed by atoms with Crippen molar-refractivity contribution in [3.8, 4) is 0 Å². The molecule has 1 radical (unpaired) electrons. The van der Waals surface area contributed by atoms with Gasteiger partial charge in [0.15, 0.2) is 9.84 Å². The van der Waals surface area contributed by atoms with Gasteiger partial charge in [-0.15, -0.1) is 0 Å². The van der Waals surface area contributed by atoms with Gasteiger partial charge in [-0.3, -0.25) is 0 Å². The summed E-state index contributed by atoms with van der Waals surface area (Å²) >= 11 is 0. The average Bonchev–Trinajstić information content (AvgIpc) is 2.26. The lowest BCUT2D eigenvalue weighted by Crippen LogP contribution is -2.00. The Bertz CT molecular complexity index is 411. The molecule has 1 N–H and O–H groups in total. The molecule has 0 fully saturated rings. The molecule has 1 heterocycles. The van der Waals surface area contributed by atoms with Crippen molar-refractivity contribution in [2.45, 2.75) is 11.3 Å². The highest BCUT2D eigenvalue weighted by Gasteiger charge is 2.20. The number of para-hydroxylation sites is 1. The average molecular weight is 196 g/mol. The second-order valence-electron chi connectivity index (χ2n) is 2.92. The maximum atomic E-state index is 11.6. The Morgan fingerprint density at radius 2 is 2.00 bits per heavy atom. The molecule has 0 amide bonds. The van der Waals surface area contributed by atoms with Crippen LogP contribution in [-0.2, 0) is 9.84 Å². The Kier molecular flexibility index (Phi) is 2.00. The van der Waals surface area contributed by atoms with Crippen molar-refractivity contribution < 1.29 is 8.42 Å². The number of fused-ring (bicyclic) bond motifs is 1. The van der Waals surface area contributed by atoms with Crippen LogP contribution in [0.4, 0.5) is 5.69 Å². The molecule has 2 rings (SSSR count). The molecule has 4 heteroatoms. The minimum absolute atomic E-state index is 0.382. The molecule has 0 bridgehead atoms. The molecular formula is C9H10NO2S. The quantitative estimate of drug-likeness (QED) is 0.683. The maximum absolute atomic E-state index is 11.6. The van der Waals surface area contributed by atoms with E-state index in [0.717, 1.165) is 0 Å². The van der Waals surface area contributed by atoms with Crippen LogP contribution < -0.4 is 5.32 Å². The van der Waals surface area contributed by atoms with E-state index in [4.69, 9.17) is 0 Å². The number of rotatable bonds is 0. The Labute approximate surface area is 77.7 Å². The van der Waals surface area contributed by atoms with Gasteiger partial charge in [0.1, 0.15) is 0 Å². The third-order valence-corrected chi connectivity index (χ3v) is 3.63. The summed E-state index contributed by atoms with van der Waals surface area (Å²) in [5.41, 5.74) is 0.705. The van der Waals surface area contributed by atoms with E-state index < -0.39 is 9.84 Å². The smallest absolute Gasteiger partial charge is 0.184 e. The fourth-order valence-electron chi connectivity index (χ4n) is 1.37. The zero-order valence-corrected chi connectivity index (χ0v) is 7.84. The van der Waals surface area contributed by atoms with Gasteiger partial charge < -0.3 is 5.32 Å². The van der Waals surface area contributed by atoms with Crippen LogP contribution in [-0.4, -0.2) is 15.0 Å². The molecule has 0 aliphatic carbocycles. The number of sulfone groups is 1. The molecule has 0 saturated carbocycles. The van der Waals surface area contributed by atoms with Gasteiger partial charge in [-0.2, -0.15) is 0 Å². The van der Waals surface area contributed by atoms with Crippen molar-refractivity contribution in [2.24, 2.45) is 0 Å². The van der Waals surface area contributed by atoms with Crippen molar-refractivity contribution in [2.75, 3.05) is 11.9 Å². The van der Waals surface area contributed by atoms with E-state index in [9.17, 15) is 8.42 Å². The van der Waals surface area contributed by atoms with E-state index in [1.54, 1.807) is 18.2 Å².